The summed E-state index contributed by atoms with van der Waals surface area (Å²) in [7, 11) is 0. The van der Waals surface area contributed by atoms with Gasteiger partial charge < -0.3 is 0 Å². The molecule has 0 aliphatic heterocycles. The Bertz CT molecular complexity index is 713. The molecule has 0 bridgehead atoms. The number of nitrogens with one attached hydrogen (secondary N) is 1. The Kier molecular flexibility index (Phi) is 4.79. The van der Waals surface area contributed by atoms with E-state index in [0.717, 1.165) is 11.5 Å². The van der Waals surface area contributed by atoms with Crippen molar-refractivity contribution in [2.75, 3.05) is 5.43 Å². The van der Waals surface area contributed by atoms with Gasteiger partial charge in [0.15, 0.2) is 0 Å². The smallest absolute Gasteiger partial charge is 0.146 e. The Balaban J connectivity index is 1.92. The van der Waals surface area contributed by atoms with Gasteiger partial charge in [0, 0.05) is 17.8 Å². The second kappa shape index (κ2) is 7.36. The van der Waals surface area contributed by atoms with E-state index < -0.39 is 0 Å². The molecule has 3 rings (SSSR count). The highest BCUT2D eigenvalue weighted by atomic mass is 15.3. The molecule has 0 aliphatic rings. The predicted molar refractivity (Wildman–Crippen MR) is 95.7 cm³/mol. The molecule has 0 saturated carbocycles. The Morgan fingerprint density at radius 1 is 0.826 bits per heavy atom. The van der Waals surface area contributed by atoms with Gasteiger partial charge in [-0.2, -0.15) is 5.10 Å². The number of nitrogens with zero attached hydrogens (tertiary/aromatic N) is 2. The maximum Gasteiger partial charge on any atom is 0.146 e. The summed E-state index contributed by atoms with van der Waals surface area (Å²) in [6, 6.07) is 26.6. The van der Waals surface area contributed by atoms with E-state index in [4.69, 9.17) is 0 Å². The van der Waals surface area contributed by atoms with E-state index in [1.54, 1.807) is 6.20 Å². The molecule has 3 nitrogen and oxygen atoms in total. The van der Waals surface area contributed by atoms with E-state index in [-0.39, 0.29) is 5.92 Å². The van der Waals surface area contributed by atoms with Crippen molar-refractivity contribution in [1.82, 2.24) is 4.98 Å². The van der Waals surface area contributed by atoms with Crippen LogP contribution in [0, 0.1) is 0 Å². The number of hydrazone groups is 1. The van der Waals surface area contributed by atoms with Crippen LogP contribution in [0.15, 0.2) is 90.2 Å². The molecule has 1 heterocycles. The molecule has 1 N–H and O–H groups in total. The lowest BCUT2D eigenvalue weighted by atomic mass is 9.88. The number of rotatable bonds is 5. The number of hydrogen-bond donors (Lipinski definition) is 1. The van der Waals surface area contributed by atoms with E-state index in [9.17, 15) is 0 Å². The highest BCUT2D eigenvalue weighted by molar-refractivity contribution is 5.92. The fraction of sp³-hybridized carbons (Fsp3) is 0.100. The molecule has 0 spiro atoms. The summed E-state index contributed by atoms with van der Waals surface area (Å²) in [5.74, 6) is 0.861. The van der Waals surface area contributed by atoms with Crippen LogP contribution in [0.3, 0.4) is 0 Å². The molecule has 0 saturated heterocycles. The van der Waals surface area contributed by atoms with Crippen LogP contribution in [-0.4, -0.2) is 10.7 Å². The average Bonchev–Trinajstić information content (AvgIpc) is 2.63. The topological polar surface area (TPSA) is 37.3 Å². The first-order chi connectivity index (χ1) is 11.3. The molecule has 0 atom stereocenters. The summed E-state index contributed by atoms with van der Waals surface area (Å²) in [5.41, 5.74) is 6.48. The molecule has 23 heavy (non-hydrogen) atoms. The fourth-order valence-electron chi connectivity index (χ4n) is 2.60. The molecule has 0 aliphatic carbocycles. The van der Waals surface area contributed by atoms with Gasteiger partial charge >= 0.3 is 0 Å². The molecule has 0 amide bonds. The van der Waals surface area contributed by atoms with Gasteiger partial charge in [0.2, 0.25) is 0 Å². The third kappa shape index (κ3) is 3.83. The Hall–Kier alpha value is -2.94. The van der Waals surface area contributed by atoms with Crippen LogP contribution in [-0.2, 0) is 0 Å². The number of pyridine rings is 1. The second-order valence-corrected chi connectivity index (χ2v) is 5.33. The number of anilines is 1. The molecule has 3 aromatic rings. The minimum Gasteiger partial charge on any atom is -0.261 e. The quantitative estimate of drug-likeness (QED) is 0.548. The predicted octanol–water partition coefficient (Wildman–Crippen LogP) is 4.70. The first kappa shape index (κ1) is 15.0. The molecule has 0 radical (unpaired) electrons. The number of hydrogen-bond acceptors (Lipinski definition) is 3. The molecule has 1 aromatic heterocycles. The maximum absolute atomic E-state index is 4.55. The van der Waals surface area contributed by atoms with Crippen LogP contribution >= 0.6 is 0 Å². The molecule has 0 fully saturated rings. The third-order valence-electron chi connectivity index (χ3n) is 3.70. The van der Waals surface area contributed by atoms with E-state index in [2.05, 4.69) is 64.0 Å². The van der Waals surface area contributed by atoms with Crippen molar-refractivity contribution < 1.29 is 0 Å². The SMILES string of the molecule is C/C(=N/Nc1ccccn1)C(c1ccccc1)c1ccccc1. The van der Waals surface area contributed by atoms with Gasteiger partial charge in [0.05, 0.1) is 0 Å². The zero-order valence-corrected chi connectivity index (χ0v) is 13.1. The lowest BCUT2D eigenvalue weighted by molar-refractivity contribution is 1.05. The summed E-state index contributed by atoms with van der Waals surface area (Å²) in [4.78, 5) is 4.24. The van der Waals surface area contributed by atoms with Crippen LogP contribution in [0.4, 0.5) is 5.82 Å². The Labute approximate surface area is 136 Å². The average molecular weight is 301 g/mol. The molecule has 2 aromatic carbocycles. The van der Waals surface area contributed by atoms with Crippen LogP contribution < -0.4 is 5.43 Å². The van der Waals surface area contributed by atoms with E-state index in [0.29, 0.717) is 0 Å². The van der Waals surface area contributed by atoms with Gasteiger partial charge in [-0.25, -0.2) is 4.98 Å². The summed E-state index contributed by atoms with van der Waals surface area (Å²) < 4.78 is 0. The largest absolute Gasteiger partial charge is 0.261 e. The molecular weight excluding hydrogens is 282 g/mol. The molecule has 114 valence electrons. The van der Waals surface area contributed by atoms with Crippen LogP contribution in [0.2, 0.25) is 0 Å². The summed E-state index contributed by atoms with van der Waals surface area (Å²) in [5, 5.41) is 4.55. The molecule has 3 heteroatoms. The van der Waals surface area contributed by atoms with Gasteiger partial charge in [0.1, 0.15) is 5.82 Å². The zero-order chi connectivity index (χ0) is 15.9. The van der Waals surface area contributed by atoms with Crippen molar-refractivity contribution in [3.63, 3.8) is 0 Å². The highest BCUT2D eigenvalue weighted by Gasteiger charge is 2.17. The first-order valence-corrected chi connectivity index (χ1v) is 7.66. The third-order valence-corrected chi connectivity index (χ3v) is 3.70. The summed E-state index contributed by atoms with van der Waals surface area (Å²) in [6.07, 6.45) is 1.75. The number of benzene rings is 2. The standard InChI is InChI=1S/C20H19N3/c1-16(22-23-19-14-8-9-15-21-19)20(17-10-4-2-5-11-17)18-12-6-3-7-13-18/h2-15,20H,1H3,(H,21,23)/b22-16-. The van der Waals surface area contributed by atoms with Gasteiger partial charge in [0.25, 0.3) is 0 Å². The van der Waals surface area contributed by atoms with Crippen LogP contribution in [0.5, 0.6) is 0 Å². The van der Waals surface area contributed by atoms with Gasteiger partial charge in [-0.15, -0.1) is 0 Å². The fourth-order valence-corrected chi connectivity index (χ4v) is 2.60. The van der Waals surface area contributed by atoms with Gasteiger partial charge in [-0.1, -0.05) is 66.7 Å². The van der Waals surface area contributed by atoms with Crippen molar-refractivity contribution in [3.8, 4) is 0 Å². The molecular formula is C20H19N3. The van der Waals surface area contributed by atoms with Crippen molar-refractivity contribution in [3.05, 3.63) is 96.2 Å². The second-order valence-electron chi connectivity index (χ2n) is 5.33. The maximum atomic E-state index is 4.55. The van der Waals surface area contributed by atoms with E-state index in [1.165, 1.54) is 11.1 Å². The van der Waals surface area contributed by atoms with Crippen LogP contribution in [0.25, 0.3) is 0 Å². The number of aromatic nitrogens is 1. The lowest BCUT2D eigenvalue weighted by Gasteiger charge is -2.18. The zero-order valence-electron chi connectivity index (χ0n) is 13.1. The Morgan fingerprint density at radius 2 is 1.39 bits per heavy atom. The summed E-state index contributed by atoms with van der Waals surface area (Å²) in [6.45, 7) is 2.04. The minimum absolute atomic E-state index is 0.119. The first-order valence-electron chi connectivity index (χ1n) is 7.66. The van der Waals surface area contributed by atoms with Crippen molar-refractivity contribution in [2.45, 2.75) is 12.8 Å². The van der Waals surface area contributed by atoms with Crippen molar-refractivity contribution in [1.29, 1.82) is 0 Å². The monoisotopic (exact) mass is 301 g/mol. The summed E-state index contributed by atoms with van der Waals surface area (Å²) >= 11 is 0. The van der Waals surface area contributed by atoms with Gasteiger partial charge in [-0.3, -0.25) is 5.43 Å². The van der Waals surface area contributed by atoms with E-state index in [1.807, 2.05) is 37.3 Å². The normalized spacial score (nSPS) is 11.5. The minimum atomic E-state index is 0.119. The van der Waals surface area contributed by atoms with Crippen molar-refractivity contribution >= 4 is 11.5 Å². The van der Waals surface area contributed by atoms with E-state index >= 15 is 0 Å². The lowest BCUT2D eigenvalue weighted by Crippen LogP contribution is -2.13. The van der Waals surface area contributed by atoms with Crippen molar-refractivity contribution in [2.24, 2.45) is 5.10 Å². The van der Waals surface area contributed by atoms with Crippen LogP contribution in [0.1, 0.15) is 24.0 Å². The van der Waals surface area contributed by atoms with Gasteiger partial charge in [-0.05, 0) is 30.2 Å². The molecule has 0 unspecified atom stereocenters. The Morgan fingerprint density at radius 3 is 1.91 bits per heavy atom. The highest BCUT2D eigenvalue weighted by Crippen LogP contribution is 2.26.